The molecule has 3 nitrogen and oxygen atoms in total. The molecule has 0 N–H and O–H groups in total. The van der Waals surface area contributed by atoms with Crippen LogP contribution in [0.5, 0.6) is 5.75 Å². The highest BCUT2D eigenvalue weighted by Gasteiger charge is 2.27. The zero-order valence-electron chi connectivity index (χ0n) is 14.6. The fourth-order valence-corrected chi connectivity index (χ4v) is 3.43. The molecule has 138 valence electrons. The van der Waals surface area contributed by atoms with Crippen LogP contribution in [-0.4, -0.2) is 15.3 Å². The number of benzene rings is 2. The molecule has 1 aromatic heterocycles. The summed E-state index contributed by atoms with van der Waals surface area (Å²) in [7, 11) is 0. The fourth-order valence-electron chi connectivity index (χ4n) is 3.34. The lowest BCUT2D eigenvalue weighted by Gasteiger charge is -2.14. The molecule has 6 heteroatoms. The quantitative estimate of drug-likeness (QED) is 0.625. The van der Waals surface area contributed by atoms with Crippen LogP contribution >= 0.6 is 11.6 Å². The molecule has 1 aliphatic rings. The van der Waals surface area contributed by atoms with Crippen molar-refractivity contribution in [1.29, 1.82) is 0 Å². The Morgan fingerprint density at radius 3 is 2.67 bits per heavy atom. The molecule has 0 saturated heterocycles. The highest BCUT2D eigenvalue weighted by Crippen LogP contribution is 2.27. The van der Waals surface area contributed by atoms with Gasteiger partial charge in [0.2, 0.25) is 0 Å². The minimum atomic E-state index is -3.73. The molecule has 0 spiro atoms. The standard InChI is InChI=1S/C21H17ClF2N2O/c1-14-5-6-15-3-2-4-18(19(15)13-14)20-11-12-25-26(20)16-7-9-17(10-8-16)27-21(22,23)24/h2-4,6-14H,5H2,1H3/t14-/m1/s1. The van der Waals surface area contributed by atoms with Crippen LogP contribution in [0.4, 0.5) is 8.78 Å². The molecule has 0 saturated carbocycles. The summed E-state index contributed by atoms with van der Waals surface area (Å²) in [5.41, 5.74) is -0.974. The largest absolute Gasteiger partial charge is 0.487 e. The summed E-state index contributed by atoms with van der Waals surface area (Å²) in [6, 6.07) is 14.4. The van der Waals surface area contributed by atoms with E-state index >= 15 is 0 Å². The van der Waals surface area contributed by atoms with Gasteiger partial charge >= 0.3 is 5.57 Å². The lowest BCUT2D eigenvalue weighted by molar-refractivity contribution is -0.0964. The number of aromatic nitrogens is 2. The van der Waals surface area contributed by atoms with Crippen molar-refractivity contribution >= 4 is 23.8 Å². The number of nitrogens with zero attached hydrogens (tertiary/aromatic N) is 2. The zero-order valence-corrected chi connectivity index (χ0v) is 15.3. The molecule has 2 aromatic carbocycles. The van der Waals surface area contributed by atoms with Gasteiger partial charge in [0.1, 0.15) is 5.75 Å². The summed E-state index contributed by atoms with van der Waals surface area (Å²) in [6.07, 6.45) is 7.29. The number of halogens is 3. The first-order chi connectivity index (χ1) is 12.9. The molecule has 0 bridgehead atoms. The third-order valence-corrected chi connectivity index (χ3v) is 4.61. The van der Waals surface area contributed by atoms with E-state index in [4.69, 9.17) is 11.6 Å². The van der Waals surface area contributed by atoms with Crippen molar-refractivity contribution in [3.63, 3.8) is 0 Å². The molecular formula is C21H17ClF2N2O. The second-order valence-corrected chi connectivity index (χ2v) is 7.00. The number of fused-ring (bicyclic) bond motifs is 1. The smallest absolute Gasteiger partial charge is 0.420 e. The summed E-state index contributed by atoms with van der Waals surface area (Å²) in [5.74, 6) is 0.463. The molecular weight excluding hydrogens is 370 g/mol. The van der Waals surface area contributed by atoms with Crippen molar-refractivity contribution in [2.75, 3.05) is 0 Å². The van der Waals surface area contributed by atoms with Crippen LogP contribution in [-0.2, 0) is 0 Å². The molecule has 1 aliphatic carbocycles. The number of hydrogen-bond donors (Lipinski definition) is 0. The fraction of sp³-hybridized carbons (Fsp3) is 0.190. The van der Waals surface area contributed by atoms with Crippen molar-refractivity contribution in [2.45, 2.75) is 18.9 Å². The van der Waals surface area contributed by atoms with Gasteiger partial charge in [-0.3, -0.25) is 0 Å². The van der Waals surface area contributed by atoms with Gasteiger partial charge in [0.25, 0.3) is 0 Å². The molecule has 1 atom stereocenters. The maximum Gasteiger partial charge on any atom is 0.487 e. The van der Waals surface area contributed by atoms with E-state index in [2.05, 4.69) is 41.0 Å². The van der Waals surface area contributed by atoms with Crippen molar-refractivity contribution in [2.24, 2.45) is 5.92 Å². The maximum absolute atomic E-state index is 12.8. The van der Waals surface area contributed by atoms with E-state index in [0.717, 1.165) is 23.4 Å². The second-order valence-electron chi connectivity index (χ2n) is 6.56. The van der Waals surface area contributed by atoms with E-state index < -0.39 is 5.57 Å². The first kappa shape index (κ1) is 17.7. The topological polar surface area (TPSA) is 27.1 Å². The van der Waals surface area contributed by atoms with Gasteiger partial charge < -0.3 is 4.74 Å². The van der Waals surface area contributed by atoms with E-state index in [1.807, 2.05) is 12.1 Å². The first-order valence-electron chi connectivity index (χ1n) is 8.62. The minimum Gasteiger partial charge on any atom is -0.420 e. The highest BCUT2D eigenvalue weighted by molar-refractivity contribution is 6.20. The Morgan fingerprint density at radius 2 is 1.93 bits per heavy atom. The first-order valence-corrected chi connectivity index (χ1v) is 9.00. The average molecular weight is 387 g/mol. The average Bonchev–Trinajstić information content (AvgIpc) is 3.10. The van der Waals surface area contributed by atoms with Gasteiger partial charge in [-0.05, 0) is 53.1 Å². The maximum atomic E-state index is 12.8. The molecule has 27 heavy (non-hydrogen) atoms. The van der Waals surface area contributed by atoms with E-state index in [-0.39, 0.29) is 5.75 Å². The van der Waals surface area contributed by atoms with Gasteiger partial charge in [0, 0.05) is 17.2 Å². The molecule has 0 fully saturated rings. The number of alkyl halides is 3. The summed E-state index contributed by atoms with van der Waals surface area (Å²) in [6.45, 7) is 2.19. The van der Waals surface area contributed by atoms with Crippen LogP contribution in [0.2, 0.25) is 0 Å². The zero-order chi connectivity index (χ0) is 19.0. The highest BCUT2D eigenvalue weighted by atomic mass is 35.5. The van der Waals surface area contributed by atoms with Crippen LogP contribution in [0.3, 0.4) is 0 Å². The van der Waals surface area contributed by atoms with E-state index in [9.17, 15) is 8.78 Å². The van der Waals surface area contributed by atoms with Crippen molar-refractivity contribution in [3.05, 3.63) is 65.2 Å². The summed E-state index contributed by atoms with van der Waals surface area (Å²) in [5, 5.41) is 6.82. The van der Waals surface area contributed by atoms with E-state index in [1.165, 1.54) is 22.6 Å². The van der Waals surface area contributed by atoms with Gasteiger partial charge in [-0.1, -0.05) is 37.3 Å². The molecule has 0 unspecified atom stereocenters. The predicted octanol–water partition coefficient (Wildman–Crippen LogP) is 4.31. The van der Waals surface area contributed by atoms with Gasteiger partial charge in [0.05, 0.1) is 17.6 Å². The Hall–Kier alpha value is -2.66. The number of ether oxygens (including phenoxy) is 1. The molecule has 3 aromatic rings. The van der Waals surface area contributed by atoms with Crippen LogP contribution in [0.25, 0.3) is 29.1 Å². The lowest BCUT2D eigenvalue weighted by Crippen LogP contribution is -2.30. The second kappa shape index (κ2) is 6.82. The molecule has 0 amide bonds. The summed E-state index contributed by atoms with van der Waals surface area (Å²) in [4.78, 5) is 0. The van der Waals surface area contributed by atoms with Crippen molar-refractivity contribution < 1.29 is 13.5 Å². The van der Waals surface area contributed by atoms with Gasteiger partial charge in [0.15, 0.2) is 0 Å². The van der Waals surface area contributed by atoms with Crippen LogP contribution < -0.4 is 15.2 Å². The van der Waals surface area contributed by atoms with Crippen molar-refractivity contribution in [1.82, 2.24) is 9.78 Å². The Kier molecular flexibility index (Phi) is 4.48. The van der Waals surface area contributed by atoms with E-state index in [0.29, 0.717) is 5.92 Å². The van der Waals surface area contributed by atoms with Gasteiger partial charge in [-0.25, -0.2) is 4.68 Å². The normalized spacial score (nSPS) is 16.2. The van der Waals surface area contributed by atoms with E-state index in [1.54, 1.807) is 23.0 Å². The SMILES string of the molecule is C[C@H]1C=c2c(-c3ccnn3-c3ccc(OC(F)(F)Cl)cc3)cccc2=CC1. The Morgan fingerprint density at radius 1 is 1.15 bits per heavy atom. The summed E-state index contributed by atoms with van der Waals surface area (Å²) < 4.78 is 31.7. The molecule has 4 rings (SSSR count). The van der Waals surface area contributed by atoms with Crippen molar-refractivity contribution in [3.8, 4) is 22.7 Å². The monoisotopic (exact) mass is 386 g/mol. The van der Waals surface area contributed by atoms with Crippen LogP contribution in [0.1, 0.15) is 13.3 Å². The van der Waals surface area contributed by atoms with Gasteiger partial charge in [-0.2, -0.15) is 5.10 Å². The Balaban J connectivity index is 1.77. The molecule has 0 aliphatic heterocycles. The van der Waals surface area contributed by atoms with Crippen LogP contribution in [0, 0.1) is 5.92 Å². The number of hydrogen-bond acceptors (Lipinski definition) is 2. The Labute approximate surface area is 160 Å². The third-order valence-electron chi connectivity index (χ3n) is 4.53. The summed E-state index contributed by atoms with van der Waals surface area (Å²) >= 11 is 4.81. The molecule has 0 radical (unpaired) electrons. The van der Waals surface area contributed by atoms with Crippen LogP contribution in [0.15, 0.2) is 54.7 Å². The third kappa shape index (κ3) is 3.74. The minimum absolute atomic E-state index is 0.0127. The van der Waals surface area contributed by atoms with Gasteiger partial charge in [-0.15, -0.1) is 8.78 Å². The lowest BCUT2D eigenvalue weighted by atomic mass is 9.95. The molecule has 1 heterocycles. The number of rotatable bonds is 4. The Bertz CT molecular complexity index is 1080. The predicted molar refractivity (Wildman–Crippen MR) is 102 cm³/mol.